The molecule has 0 spiro atoms. The Hall–Kier alpha value is -2.86. The first-order valence-corrected chi connectivity index (χ1v) is 15.3. The fourth-order valence-electron chi connectivity index (χ4n) is 4.88. The number of ether oxygens (including phenoxy) is 1. The number of hydrogen-bond acceptors (Lipinski definition) is 8. The van der Waals surface area contributed by atoms with Crippen LogP contribution in [0.2, 0.25) is 0 Å². The van der Waals surface area contributed by atoms with Crippen molar-refractivity contribution in [2.75, 3.05) is 14.1 Å². The van der Waals surface area contributed by atoms with Crippen LogP contribution in [-0.2, 0) is 21.3 Å². The molecule has 1 aliphatic carbocycles. The second-order valence-electron chi connectivity index (χ2n) is 11.4. The minimum Gasteiger partial charge on any atom is -0.446 e. The van der Waals surface area contributed by atoms with Gasteiger partial charge in [-0.15, -0.1) is 11.3 Å². The van der Waals surface area contributed by atoms with Gasteiger partial charge in [0.05, 0.1) is 14.8 Å². The predicted octanol–water partition coefficient (Wildman–Crippen LogP) is 5.13. The summed E-state index contributed by atoms with van der Waals surface area (Å²) in [6.07, 6.45) is 7.56. The van der Waals surface area contributed by atoms with Crippen LogP contribution >= 0.6 is 11.3 Å². The minimum absolute atomic E-state index is 0.156. The number of rotatable bonds is 8. The molecule has 39 heavy (non-hydrogen) atoms. The van der Waals surface area contributed by atoms with Gasteiger partial charge in [-0.1, -0.05) is 12.1 Å². The molecule has 0 unspecified atom stereocenters. The molecule has 0 radical (unpaired) electrons. The highest BCUT2D eigenvalue weighted by Crippen LogP contribution is 2.40. The Morgan fingerprint density at radius 2 is 1.82 bits per heavy atom. The van der Waals surface area contributed by atoms with E-state index in [1.807, 2.05) is 59.3 Å². The highest BCUT2D eigenvalue weighted by molar-refractivity contribution is 7.89. The van der Waals surface area contributed by atoms with Gasteiger partial charge in [-0.25, -0.2) is 22.9 Å². The largest absolute Gasteiger partial charge is 0.446 e. The molecular formula is C28H37N5O4S2. The summed E-state index contributed by atoms with van der Waals surface area (Å²) in [6, 6.07) is 7.57. The lowest BCUT2D eigenvalue weighted by molar-refractivity contribution is 0.0787. The van der Waals surface area contributed by atoms with Gasteiger partial charge in [0.1, 0.15) is 6.10 Å². The number of nitrogens with one attached hydrogen (secondary N) is 1. The number of primary amides is 1. The van der Waals surface area contributed by atoms with Gasteiger partial charge in [-0.05, 0) is 83.8 Å². The number of aromatic nitrogens is 2. The maximum Gasteiger partial charge on any atom is 0.404 e. The van der Waals surface area contributed by atoms with Crippen molar-refractivity contribution in [3.8, 4) is 21.6 Å². The number of pyridine rings is 1. The zero-order chi connectivity index (χ0) is 28.4. The molecular weight excluding hydrogens is 534 g/mol. The fraction of sp³-hybridized carbons (Fsp3) is 0.464. The molecule has 2 aromatic heterocycles. The Balaban J connectivity index is 1.69. The number of carbonyl (C=O) groups is 1. The Morgan fingerprint density at radius 1 is 1.10 bits per heavy atom. The highest BCUT2D eigenvalue weighted by Gasteiger charge is 2.29. The lowest BCUT2D eigenvalue weighted by Gasteiger charge is -2.26. The predicted molar refractivity (Wildman–Crippen MR) is 154 cm³/mol. The van der Waals surface area contributed by atoms with E-state index >= 15 is 0 Å². The number of sulfonamides is 1. The quantitative estimate of drug-likeness (QED) is 0.384. The van der Waals surface area contributed by atoms with Gasteiger partial charge in [0, 0.05) is 47.7 Å². The van der Waals surface area contributed by atoms with E-state index in [0.717, 1.165) is 58.8 Å². The molecule has 1 fully saturated rings. The van der Waals surface area contributed by atoms with Crippen LogP contribution in [0.3, 0.4) is 0 Å². The lowest BCUT2D eigenvalue weighted by atomic mass is 9.88. The van der Waals surface area contributed by atoms with Crippen molar-refractivity contribution in [1.82, 2.24) is 19.6 Å². The average Bonchev–Trinajstić information content (AvgIpc) is 3.32. The number of carbonyl (C=O) groups excluding carboxylic acids is 1. The van der Waals surface area contributed by atoms with Gasteiger partial charge in [0.25, 0.3) is 0 Å². The summed E-state index contributed by atoms with van der Waals surface area (Å²) in [7, 11) is 0.138. The average molecular weight is 572 g/mol. The van der Waals surface area contributed by atoms with Crippen molar-refractivity contribution in [1.29, 1.82) is 0 Å². The molecule has 0 bridgehead atoms. The third kappa shape index (κ3) is 7.63. The van der Waals surface area contributed by atoms with Gasteiger partial charge in [0.2, 0.25) is 10.0 Å². The number of nitrogens with zero attached hydrogens (tertiary/aromatic N) is 3. The summed E-state index contributed by atoms with van der Waals surface area (Å²) in [4.78, 5) is 23.2. The molecule has 0 atom stereocenters. The van der Waals surface area contributed by atoms with E-state index in [1.165, 1.54) is 11.3 Å². The van der Waals surface area contributed by atoms with Gasteiger partial charge in [-0.2, -0.15) is 0 Å². The summed E-state index contributed by atoms with van der Waals surface area (Å²) in [5.41, 5.74) is 7.81. The van der Waals surface area contributed by atoms with E-state index in [9.17, 15) is 13.2 Å². The zero-order valence-corrected chi connectivity index (χ0v) is 24.7. The third-order valence-electron chi connectivity index (χ3n) is 6.43. The maximum absolute atomic E-state index is 13.7. The summed E-state index contributed by atoms with van der Waals surface area (Å²) >= 11 is 1.51. The van der Waals surface area contributed by atoms with Gasteiger partial charge in [-0.3, -0.25) is 4.98 Å². The van der Waals surface area contributed by atoms with Crippen LogP contribution in [0.4, 0.5) is 4.79 Å². The van der Waals surface area contributed by atoms with E-state index in [0.29, 0.717) is 5.56 Å². The smallest absolute Gasteiger partial charge is 0.404 e. The van der Waals surface area contributed by atoms with Crippen LogP contribution in [0.25, 0.3) is 21.6 Å². The normalized spacial score (nSPS) is 18.3. The molecule has 1 saturated carbocycles. The number of thiazole rings is 1. The van der Waals surface area contributed by atoms with Crippen molar-refractivity contribution in [3.05, 3.63) is 53.4 Å². The van der Waals surface area contributed by atoms with Crippen LogP contribution in [-0.4, -0.2) is 55.1 Å². The van der Waals surface area contributed by atoms with Crippen LogP contribution in [0, 0.1) is 0 Å². The molecule has 0 aliphatic heterocycles. The molecule has 1 aromatic carbocycles. The third-order valence-corrected chi connectivity index (χ3v) is 9.43. The second kappa shape index (κ2) is 11.7. The van der Waals surface area contributed by atoms with Crippen molar-refractivity contribution in [2.45, 2.75) is 75.5 Å². The molecule has 11 heteroatoms. The van der Waals surface area contributed by atoms with Crippen LogP contribution in [0.5, 0.6) is 0 Å². The van der Waals surface area contributed by atoms with Crippen molar-refractivity contribution in [2.24, 2.45) is 5.73 Å². The fourth-order valence-corrected chi connectivity index (χ4v) is 7.73. The van der Waals surface area contributed by atoms with E-state index in [1.54, 1.807) is 18.5 Å². The Morgan fingerprint density at radius 3 is 2.46 bits per heavy atom. The molecule has 1 amide bonds. The molecule has 1 aliphatic rings. The summed E-state index contributed by atoms with van der Waals surface area (Å²) in [6.45, 7) is 6.21. The summed E-state index contributed by atoms with van der Waals surface area (Å²) in [5.74, 6) is 0.231. The lowest BCUT2D eigenvalue weighted by Crippen LogP contribution is -2.40. The molecule has 3 aromatic rings. The minimum atomic E-state index is -3.85. The van der Waals surface area contributed by atoms with Gasteiger partial charge >= 0.3 is 6.09 Å². The van der Waals surface area contributed by atoms with Crippen LogP contribution in [0.1, 0.15) is 62.9 Å². The first-order chi connectivity index (χ1) is 18.3. The first-order valence-electron chi connectivity index (χ1n) is 13.0. The number of hydrogen-bond donors (Lipinski definition) is 2. The molecule has 3 N–H and O–H groups in total. The SMILES string of the molecule is CN(C)Cc1cncc(-c2ccc(-c3cnc([C@H]4CC[C@H](OC(N)=O)CC4)s3)c(S(=O)(=O)NC(C)(C)C)c2)c1. The number of benzene rings is 1. The Labute approximate surface area is 234 Å². The van der Waals surface area contributed by atoms with Gasteiger partial charge in [0.15, 0.2) is 0 Å². The number of nitrogens with two attached hydrogens (primary N) is 1. The van der Waals surface area contributed by atoms with E-state index in [4.69, 9.17) is 10.5 Å². The standard InChI is InChI=1S/C28H37N5O4S2/c1-28(2,3)32-39(35,36)25-13-20(21-12-18(14-30-15-21)17-33(4)5)8-11-23(25)24-16-31-26(38-24)19-6-9-22(10-7-19)37-27(29)34/h8,11-16,19,22,32H,6-7,9-10,17H2,1-5H3,(H2,29,34)/t19-,22-. The topological polar surface area (TPSA) is 128 Å². The Kier molecular flexibility index (Phi) is 8.75. The Bertz CT molecular complexity index is 1420. The summed E-state index contributed by atoms with van der Waals surface area (Å²) in [5, 5.41) is 0.958. The van der Waals surface area contributed by atoms with Crippen molar-refractivity contribution >= 4 is 27.5 Å². The maximum atomic E-state index is 13.7. The van der Waals surface area contributed by atoms with E-state index < -0.39 is 21.7 Å². The van der Waals surface area contributed by atoms with Crippen molar-refractivity contribution < 1.29 is 17.9 Å². The molecule has 2 heterocycles. The molecule has 9 nitrogen and oxygen atoms in total. The van der Waals surface area contributed by atoms with Gasteiger partial charge < -0.3 is 15.4 Å². The summed E-state index contributed by atoms with van der Waals surface area (Å²) < 4.78 is 35.3. The molecule has 210 valence electrons. The van der Waals surface area contributed by atoms with E-state index in [2.05, 4.69) is 19.6 Å². The van der Waals surface area contributed by atoms with Crippen LogP contribution < -0.4 is 10.5 Å². The van der Waals surface area contributed by atoms with E-state index in [-0.39, 0.29) is 16.9 Å². The zero-order valence-electron chi connectivity index (χ0n) is 23.1. The highest BCUT2D eigenvalue weighted by atomic mass is 32.2. The van der Waals surface area contributed by atoms with Crippen LogP contribution in [0.15, 0.2) is 47.8 Å². The first kappa shape index (κ1) is 29.1. The number of amides is 1. The second-order valence-corrected chi connectivity index (χ2v) is 14.1. The molecule has 4 rings (SSSR count). The molecule has 0 saturated heterocycles. The van der Waals surface area contributed by atoms with Crippen molar-refractivity contribution in [3.63, 3.8) is 0 Å². The monoisotopic (exact) mass is 571 g/mol.